The molecule has 0 spiro atoms. The van der Waals surface area contributed by atoms with Crippen LogP contribution in [0.5, 0.6) is 0 Å². The smallest absolute Gasteiger partial charge is 0.329 e. The molecule has 0 fully saturated rings. The van der Waals surface area contributed by atoms with Crippen molar-refractivity contribution >= 4 is 34.5 Å². The van der Waals surface area contributed by atoms with Crippen LogP contribution in [0, 0.1) is 0 Å². The Bertz CT molecular complexity index is 660. The van der Waals surface area contributed by atoms with Gasteiger partial charge >= 0.3 is 5.97 Å². The lowest BCUT2D eigenvalue weighted by Gasteiger charge is -2.14. The lowest BCUT2D eigenvalue weighted by Crippen LogP contribution is -2.42. The number of nitrogens with one attached hydrogen (secondary N) is 1. The first-order chi connectivity index (χ1) is 10.1. The molecule has 0 aliphatic rings. The maximum absolute atomic E-state index is 11.6. The van der Waals surface area contributed by atoms with Crippen LogP contribution in [-0.2, 0) is 14.3 Å². The lowest BCUT2D eigenvalue weighted by atomic mass is 10.2. The summed E-state index contributed by atoms with van der Waals surface area (Å²) < 4.78 is 4.68. The number of rotatable bonds is 5. The molecular formula is C15H16N2O3S. The third kappa shape index (κ3) is 4.19. The highest BCUT2D eigenvalue weighted by atomic mass is 32.2. The second-order valence-corrected chi connectivity index (χ2v) is 5.47. The van der Waals surface area contributed by atoms with E-state index in [9.17, 15) is 9.59 Å². The van der Waals surface area contributed by atoms with Crippen molar-refractivity contribution in [3.8, 4) is 0 Å². The average Bonchev–Trinajstić information content (AvgIpc) is 2.50. The minimum absolute atomic E-state index is 0.266. The highest BCUT2D eigenvalue weighted by Crippen LogP contribution is 2.20. The fourth-order valence-corrected chi connectivity index (χ4v) is 2.74. The van der Waals surface area contributed by atoms with Crippen LogP contribution < -0.4 is 5.32 Å². The molecule has 6 heteroatoms. The summed E-state index contributed by atoms with van der Waals surface area (Å²) in [4.78, 5) is 27.2. The van der Waals surface area contributed by atoms with Crippen LogP contribution in [0.15, 0.2) is 41.4 Å². The fraction of sp³-hybridized carbons (Fsp3) is 0.267. The van der Waals surface area contributed by atoms with Crippen molar-refractivity contribution in [2.75, 3.05) is 12.9 Å². The van der Waals surface area contributed by atoms with Crippen molar-refractivity contribution in [1.82, 2.24) is 10.3 Å². The molecule has 0 saturated carbocycles. The SMILES string of the molecule is COC(=O)[C@H](CSc1ccc2ccccc2n1)NC(C)=O. The minimum atomic E-state index is -0.675. The molecule has 21 heavy (non-hydrogen) atoms. The average molecular weight is 304 g/mol. The topological polar surface area (TPSA) is 68.3 Å². The van der Waals surface area contributed by atoms with E-state index in [-0.39, 0.29) is 5.91 Å². The molecule has 0 bridgehead atoms. The number of amides is 1. The Morgan fingerprint density at radius 3 is 2.76 bits per heavy atom. The van der Waals surface area contributed by atoms with E-state index in [2.05, 4.69) is 15.0 Å². The van der Waals surface area contributed by atoms with Gasteiger partial charge in [0.15, 0.2) is 0 Å². The summed E-state index contributed by atoms with van der Waals surface area (Å²) in [6, 6.07) is 11.0. The highest BCUT2D eigenvalue weighted by Gasteiger charge is 2.20. The van der Waals surface area contributed by atoms with Crippen LogP contribution in [0.1, 0.15) is 6.92 Å². The van der Waals surface area contributed by atoms with Crippen molar-refractivity contribution in [1.29, 1.82) is 0 Å². The minimum Gasteiger partial charge on any atom is -0.467 e. The number of para-hydroxylation sites is 1. The van der Waals surface area contributed by atoms with Crippen molar-refractivity contribution < 1.29 is 14.3 Å². The molecule has 2 aromatic rings. The zero-order valence-electron chi connectivity index (χ0n) is 11.8. The van der Waals surface area contributed by atoms with E-state index in [0.29, 0.717) is 5.75 Å². The zero-order chi connectivity index (χ0) is 15.2. The van der Waals surface area contributed by atoms with E-state index < -0.39 is 12.0 Å². The number of pyridine rings is 1. The largest absolute Gasteiger partial charge is 0.467 e. The number of thioether (sulfide) groups is 1. The predicted molar refractivity (Wildman–Crippen MR) is 82.1 cm³/mol. The molecular weight excluding hydrogens is 288 g/mol. The molecule has 1 heterocycles. The molecule has 5 nitrogen and oxygen atoms in total. The summed E-state index contributed by atoms with van der Waals surface area (Å²) in [7, 11) is 1.30. The van der Waals surface area contributed by atoms with Gasteiger partial charge in [-0.1, -0.05) is 24.3 Å². The van der Waals surface area contributed by atoms with Crippen molar-refractivity contribution in [2.45, 2.75) is 18.0 Å². The van der Waals surface area contributed by atoms with E-state index in [4.69, 9.17) is 0 Å². The Kier molecular flexibility index (Phi) is 5.16. The first-order valence-electron chi connectivity index (χ1n) is 6.43. The normalized spacial score (nSPS) is 11.9. The number of hydrogen-bond donors (Lipinski definition) is 1. The first kappa shape index (κ1) is 15.3. The van der Waals surface area contributed by atoms with Gasteiger partial charge in [0, 0.05) is 18.1 Å². The van der Waals surface area contributed by atoms with Gasteiger partial charge < -0.3 is 10.1 Å². The number of nitrogens with zero attached hydrogens (tertiary/aromatic N) is 1. The summed E-state index contributed by atoms with van der Waals surface area (Å²) in [5.74, 6) is -0.353. The van der Waals surface area contributed by atoms with Crippen molar-refractivity contribution in [3.63, 3.8) is 0 Å². The van der Waals surface area contributed by atoms with E-state index in [1.807, 2.05) is 36.4 Å². The monoisotopic (exact) mass is 304 g/mol. The molecule has 1 atom stereocenters. The van der Waals surface area contributed by atoms with Gasteiger partial charge in [-0.15, -0.1) is 11.8 Å². The number of ether oxygens (including phenoxy) is 1. The summed E-state index contributed by atoms with van der Waals surface area (Å²) in [5.41, 5.74) is 0.900. The molecule has 2 rings (SSSR count). The Morgan fingerprint density at radius 1 is 1.29 bits per heavy atom. The second kappa shape index (κ2) is 7.08. The number of fused-ring (bicyclic) bond motifs is 1. The Hall–Kier alpha value is -2.08. The number of aromatic nitrogens is 1. The van der Waals surface area contributed by atoms with Gasteiger partial charge in [-0.2, -0.15) is 0 Å². The highest BCUT2D eigenvalue weighted by molar-refractivity contribution is 7.99. The Balaban J connectivity index is 2.07. The molecule has 1 aromatic heterocycles. The fourth-order valence-electron chi connectivity index (χ4n) is 1.85. The molecule has 110 valence electrons. The predicted octanol–water partition coefficient (Wildman–Crippen LogP) is 2.00. The van der Waals surface area contributed by atoms with Crippen LogP contribution in [0.2, 0.25) is 0 Å². The molecule has 0 aliphatic carbocycles. The maximum Gasteiger partial charge on any atom is 0.329 e. The Labute approximate surface area is 127 Å². The van der Waals surface area contributed by atoms with Gasteiger partial charge in [0.2, 0.25) is 5.91 Å². The number of benzene rings is 1. The van der Waals surface area contributed by atoms with E-state index in [0.717, 1.165) is 15.9 Å². The van der Waals surface area contributed by atoms with Gasteiger partial charge in [0.25, 0.3) is 0 Å². The van der Waals surface area contributed by atoms with E-state index >= 15 is 0 Å². The lowest BCUT2D eigenvalue weighted by molar-refractivity contribution is -0.144. The molecule has 0 radical (unpaired) electrons. The molecule has 0 unspecified atom stereocenters. The summed E-state index contributed by atoms with van der Waals surface area (Å²) in [6.07, 6.45) is 0. The summed E-state index contributed by atoms with van der Waals surface area (Å²) in [6.45, 7) is 1.37. The number of methoxy groups -OCH3 is 1. The molecule has 1 amide bonds. The standard InChI is InChI=1S/C15H16N2O3S/c1-10(18)16-13(15(19)20-2)9-21-14-8-7-11-5-3-4-6-12(11)17-14/h3-8,13H,9H2,1-2H3,(H,16,18)/t13-/m0/s1. The van der Waals surface area contributed by atoms with Crippen molar-refractivity contribution in [2.24, 2.45) is 0 Å². The second-order valence-electron chi connectivity index (χ2n) is 4.43. The van der Waals surface area contributed by atoms with Crippen molar-refractivity contribution in [3.05, 3.63) is 36.4 Å². The molecule has 0 aliphatic heterocycles. The molecule has 0 saturated heterocycles. The third-order valence-corrected chi connectivity index (χ3v) is 3.86. The number of hydrogen-bond acceptors (Lipinski definition) is 5. The van der Waals surface area contributed by atoms with Gasteiger partial charge in [-0.05, 0) is 12.1 Å². The first-order valence-corrected chi connectivity index (χ1v) is 7.42. The number of carbonyl (C=O) groups excluding carboxylic acids is 2. The summed E-state index contributed by atoms with van der Waals surface area (Å²) >= 11 is 1.40. The van der Waals surface area contributed by atoms with Gasteiger partial charge in [-0.3, -0.25) is 4.79 Å². The van der Waals surface area contributed by atoms with Crippen LogP contribution in [0.3, 0.4) is 0 Å². The number of esters is 1. The third-order valence-electron chi connectivity index (χ3n) is 2.83. The summed E-state index contributed by atoms with van der Waals surface area (Å²) in [5, 5.41) is 4.44. The van der Waals surface area contributed by atoms with Gasteiger partial charge in [0.1, 0.15) is 6.04 Å². The number of carbonyl (C=O) groups is 2. The van der Waals surface area contributed by atoms with Crippen LogP contribution in [0.25, 0.3) is 10.9 Å². The van der Waals surface area contributed by atoms with E-state index in [1.54, 1.807) is 0 Å². The van der Waals surface area contributed by atoms with E-state index in [1.165, 1.54) is 25.8 Å². The molecule has 1 N–H and O–H groups in total. The Morgan fingerprint density at radius 2 is 2.05 bits per heavy atom. The van der Waals surface area contributed by atoms with Gasteiger partial charge in [-0.25, -0.2) is 9.78 Å². The molecule has 1 aromatic carbocycles. The maximum atomic E-state index is 11.6. The van der Waals surface area contributed by atoms with Crippen LogP contribution in [0.4, 0.5) is 0 Å². The zero-order valence-corrected chi connectivity index (χ0v) is 12.6. The van der Waals surface area contributed by atoms with Crippen LogP contribution in [-0.4, -0.2) is 35.8 Å². The van der Waals surface area contributed by atoms with Gasteiger partial charge in [0.05, 0.1) is 17.7 Å². The van der Waals surface area contributed by atoms with Crippen LogP contribution >= 0.6 is 11.8 Å². The quantitative estimate of drug-likeness (QED) is 0.676.